The summed E-state index contributed by atoms with van der Waals surface area (Å²) in [6.45, 7) is 5.40. The fourth-order valence-corrected chi connectivity index (χ4v) is 3.80. The van der Waals surface area contributed by atoms with Gasteiger partial charge < -0.3 is 14.3 Å². The van der Waals surface area contributed by atoms with Gasteiger partial charge in [0, 0.05) is 26.4 Å². The molecule has 126 valence electrons. The summed E-state index contributed by atoms with van der Waals surface area (Å²) in [6.07, 6.45) is 5.24. The summed E-state index contributed by atoms with van der Waals surface area (Å²) in [6, 6.07) is 0. The number of aromatic nitrogens is 2. The Morgan fingerprint density at radius 1 is 1.39 bits per heavy atom. The topological polar surface area (TPSA) is 79.5 Å². The molecule has 2 fully saturated rings. The molecule has 0 unspecified atom stereocenters. The van der Waals surface area contributed by atoms with Crippen molar-refractivity contribution in [1.82, 2.24) is 19.9 Å². The van der Waals surface area contributed by atoms with Crippen molar-refractivity contribution in [1.29, 1.82) is 0 Å². The van der Waals surface area contributed by atoms with Gasteiger partial charge in [0.05, 0.1) is 13.1 Å². The Balaban J connectivity index is 1.59. The van der Waals surface area contributed by atoms with Crippen molar-refractivity contribution in [3.05, 3.63) is 11.7 Å². The van der Waals surface area contributed by atoms with Gasteiger partial charge >= 0.3 is 0 Å². The molecule has 0 atom stereocenters. The van der Waals surface area contributed by atoms with Gasteiger partial charge in [0.2, 0.25) is 17.7 Å². The van der Waals surface area contributed by atoms with Crippen molar-refractivity contribution in [2.45, 2.75) is 52.5 Å². The number of aryl methyl sites for hydroxylation is 1. The molecule has 1 spiro atoms. The Kier molecular flexibility index (Phi) is 4.37. The average Bonchev–Trinajstić information content (AvgIpc) is 3.20. The summed E-state index contributed by atoms with van der Waals surface area (Å²) in [7, 11) is 0. The predicted octanol–water partition coefficient (Wildman–Crippen LogP) is 1.52. The van der Waals surface area contributed by atoms with Crippen LogP contribution in [0.1, 0.15) is 50.7 Å². The molecule has 2 heterocycles. The maximum Gasteiger partial charge on any atom is 0.242 e. The van der Waals surface area contributed by atoms with Crippen LogP contribution in [0.15, 0.2) is 4.52 Å². The van der Waals surface area contributed by atoms with Gasteiger partial charge in [-0.15, -0.1) is 0 Å². The number of rotatable bonds is 5. The Bertz CT molecular complexity index is 592. The second-order valence-corrected chi connectivity index (χ2v) is 6.77. The van der Waals surface area contributed by atoms with Crippen LogP contribution in [0, 0.1) is 12.3 Å². The number of hydrogen-bond donors (Lipinski definition) is 0. The summed E-state index contributed by atoms with van der Waals surface area (Å²) >= 11 is 0. The number of likely N-dealkylation sites (tertiary alicyclic amines) is 1. The molecular formula is C16H24N4O3. The highest BCUT2D eigenvalue weighted by Crippen LogP contribution is 2.45. The van der Waals surface area contributed by atoms with E-state index in [1.807, 2.05) is 6.92 Å². The quantitative estimate of drug-likeness (QED) is 0.822. The minimum absolute atomic E-state index is 0.0571. The first-order chi connectivity index (χ1) is 11.0. The van der Waals surface area contributed by atoms with Crippen LogP contribution in [0.4, 0.5) is 0 Å². The van der Waals surface area contributed by atoms with E-state index >= 15 is 0 Å². The van der Waals surface area contributed by atoms with Gasteiger partial charge in [-0.25, -0.2) is 0 Å². The highest BCUT2D eigenvalue weighted by Gasteiger charge is 2.45. The fraction of sp³-hybridized carbons (Fsp3) is 0.750. The highest BCUT2D eigenvalue weighted by atomic mass is 16.5. The smallest absolute Gasteiger partial charge is 0.242 e. The van der Waals surface area contributed by atoms with Gasteiger partial charge in [-0.3, -0.25) is 9.59 Å². The molecule has 0 aromatic carbocycles. The Morgan fingerprint density at radius 2 is 2.13 bits per heavy atom. The standard InChI is InChI=1S/C16H24N4O3/c1-3-19(9-13-17-12(2)23-18-13)15(22)10-20-11-16(8-14(20)21)6-4-5-7-16/h3-11H2,1-2H3. The largest absolute Gasteiger partial charge is 0.340 e. The van der Waals surface area contributed by atoms with Crippen molar-refractivity contribution in [3.63, 3.8) is 0 Å². The van der Waals surface area contributed by atoms with Gasteiger partial charge in [-0.05, 0) is 25.2 Å². The Labute approximate surface area is 136 Å². The van der Waals surface area contributed by atoms with Crippen molar-refractivity contribution in [2.75, 3.05) is 19.6 Å². The third-order valence-electron chi connectivity index (χ3n) is 5.03. The first-order valence-electron chi connectivity index (χ1n) is 8.36. The monoisotopic (exact) mass is 320 g/mol. The van der Waals surface area contributed by atoms with Gasteiger partial charge in [0.1, 0.15) is 0 Å². The van der Waals surface area contributed by atoms with E-state index < -0.39 is 0 Å². The lowest BCUT2D eigenvalue weighted by atomic mass is 9.85. The van der Waals surface area contributed by atoms with Gasteiger partial charge in [0.25, 0.3) is 0 Å². The number of carbonyl (C=O) groups excluding carboxylic acids is 2. The predicted molar refractivity (Wildman–Crippen MR) is 82.2 cm³/mol. The van der Waals surface area contributed by atoms with Crippen LogP contribution in [-0.4, -0.2) is 51.4 Å². The van der Waals surface area contributed by atoms with Crippen LogP contribution in [-0.2, 0) is 16.1 Å². The molecule has 7 nitrogen and oxygen atoms in total. The minimum Gasteiger partial charge on any atom is -0.340 e. The molecule has 2 aliphatic rings. The van der Waals surface area contributed by atoms with E-state index in [-0.39, 0.29) is 23.8 Å². The van der Waals surface area contributed by atoms with Crippen LogP contribution < -0.4 is 0 Å². The minimum atomic E-state index is -0.0571. The molecule has 2 amide bonds. The van der Waals surface area contributed by atoms with E-state index in [1.54, 1.807) is 16.7 Å². The summed E-state index contributed by atoms with van der Waals surface area (Å²) in [4.78, 5) is 32.3. The molecule has 1 saturated carbocycles. The number of nitrogens with zero attached hydrogens (tertiary/aromatic N) is 4. The van der Waals surface area contributed by atoms with E-state index in [0.29, 0.717) is 31.2 Å². The van der Waals surface area contributed by atoms with Crippen LogP contribution in [0.3, 0.4) is 0 Å². The summed E-state index contributed by atoms with van der Waals surface area (Å²) in [5.41, 5.74) is 0.138. The van der Waals surface area contributed by atoms with Crippen LogP contribution >= 0.6 is 0 Å². The van der Waals surface area contributed by atoms with E-state index in [1.165, 1.54) is 12.8 Å². The van der Waals surface area contributed by atoms with Crippen molar-refractivity contribution in [3.8, 4) is 0 Å². The lowest BCUT2D eigenvalue weighted by Gasteiger charge is -2.25. The maximum atomic E-state index is 12.5. The van der Waals surface area contributed by atoms with Gasteiger partial charge in [0.15, 0.2) is 5.82 Å². The first kappa shape index (κ1) is 16.0. The molecule has 0 radical (unpaired) electrons. The SMILES string of the molecule is CCN(Cc1noc(C)n1)C(=O)CN1CC2(CCCC2)CC1=O. The van der Waals surface area contributed by atoms with Gasteiger partial charge in [-0.2, -0.15) is 4.98 Å². The Hall–Kier alpha value is -1.92. The first-order valence-corrected chi connectivity index (χ1v) is 8.36. The zero-order chi connectivity index (χ0) is 16.4. The van der Waals surface area contributed by atoms with Crippen molar-refractivity contribution >= 4 is 11.8 Å². The highest BCUT2D eigenvalue weighted by molar-refractivity contribution is 5.86. The molecule has 1 aromatic rings. The van der Waals surface area contributed by atoms with Gasteiger partial charge in [-0.1, -0.05) is 18.0 Å². The lowest BCUT2D eigenvalue weighted by Crippen LogP contribution is -2.41. The third-order valence-corrected chi connectivity index (χ3v) is 5.03. The average molecular weight is 320 g/mol. The van der Waals surface area contributed by atoms with E-state index in [2.05, 4.69) is 10.1 Å². The second-order valence-electron chi connectivity index (χ2n) is 6.77. The molecule has 1 aliphatic heterocycles. The normalized spacial score (nSPS) is 19.7. The zero-order valence-corrected chi connectivity index (χ0v) is 13.9. The molecule has 23 heavy (non-hydrogen) atoms. The molecule has 0 bridgehead atoms. The van der Waals surface area contributed by atoms with E-state index in [0.717, 1.165) is 19.4 Å². The molecule has 7 heteroatoms. The summed E-state index contributed by atoms with van der Waals surface area (Å²) < 4.78 is 4.94. The lowest BCUT2D eigenvalue weighted by molar-refractivity contribution is -0.138. The third kappa shape index (κ3) is 3.38. The molecule has 1 aliphatic carbocycles. The van der Waals surface area contributed by atoms with Crippen molar-refractivity contribution in [2.24, 2.45) is 5.41 Å². The molecule has 3 rings (SSSR count). The van der Waals surface area contributed by atoms with Crippen LogP contribution in [0.2, 0.25) is 0 Å². The van der Waals surface area contributed by atoms with Crippen LogP contribution in [0.5, 0.6) is 0 Å². The number of amides is 2. The maximum absolute atomic E-state index is 12.5. The zero-order valence-electron chi connectivity index (χ0n) is 13.9. The molecular weight excluding hydrogens is 296 g/mol. The molecule has 1 aromatic heterocycles. The van der Waals surface area contributed by atoms with E-state index in [9.17, 15) is 9.59 Å². The fourth-order valence-electron chi connectivity index (χ4n) is 3.80. The summed E-state index contributed by atoms with van der Waals surface area (Å²) in [5.74, 6) is 1.05. The summed E-state index contributed by atoms with van der Waals surface area (Å²) in [5, 5.41) is 3.83. The number of carbonyl (C=O) groups is 2. The molecule has 1 saturated heterocycles. The number of hydrogen-bond acceptors (Lipinski definition) is 5. The second kappa shape index (κ2) is 6.29. The van der Waals surface area contributed by atoms with E-state index in [4.69, 9.17) is 4.52 Å². The Morgan fingerprint density at radius 3 is 2.74 bits per heavy atom. The van der Waals surface area contributed by atoms with Crippen molar-refractivity contribution < 1.29 is 14.1 Å². The number of likely N-dealkylation sites (N-methyl/N-ethyl adjacent to an activating group) is 1. The van der Waals surface area contributed by atoms with Crippen LogP contribution in [0.25, 0.3) is 0 Å². The molecule has 0 N–H and O–H groups in total.